The molecule has 0 bridgehead atoms. The van der Waals surface area contributed by atoms with Gasteiger partial charge in [0.05, 0.1) is 10.7 Å². The van der Waals surface area contributed by atoms with E-state index in [1.807, 2.05) is 48.7 Å². The molecule has 0 aliphatic rings. The van der Waals surface area contributed by atoms with Crippen LogP contribution in [0.2, 0.25) is 5.02 Å². The van der Waals surface area contributed by atoms with Crippen LogP contribution >= 0.6 is 11.6 Å². The first-order valence-electron chi connectivity index (χ1n) is 6.82. The molecule has 0 radical (unpaired) electrons. The van der Waals surface area contributed by atoms with Crippen molar-refractivity contribution in [2.24, 2.45) is 0 Å². The number of hydrogen-bond donors (Lipinski definition) is 0. The summed E-state index contributed by atoms with van der Waals surface area (Å²) in [5.41, 5.74) is 1.90. The highest BCUT2D eigenvalue weighted by molar-refractivity contribution is 6.35. The van der Waals surface area contributed by atoms with Crippen LogP contribution in [0.4, 0.5) is 0 Å². The van der Waals surface area contributed by atoms with Crippen molar-refractivity contribution in [3.05, 3.63) is 72.3 Å². The summed E-state index contributed by atoms with van der Waals surface area (Å²) < 4.78 is 1.77. The van der Waals surface area contributed by atoms with Crippen LogP contribution in [-0.2, 0) is 0 Å². The number of nitrogens with zero attached hydrogens (tertiary/aromatic N) is 4. The minimum atomic E-state index is 0.640. The van der Waals surface area contributed by atoms with Crippen LogP contribution in [0.3, 0.4) is 0 Å². The van der Waals surface area contributed by atoms with Crippen molar-refractivity contribution in [2.75, 3.05) is 0 Å². The highest BCUT2D eigenvalue weighted by Crippen LogP contribution is 2.27. The Balaban J connectivity index is 1.87. The largest absolute Gasteiger partial charge is 0.265 e. The van der Waals surface area contributed by atoms with E-state index >= 15 is 0 Å². The van der Waals surface area contributed by atoms with Crippen LogP contribution in [-0.4, -0.2) is 19.7 Å². The fourth-order valence-electron chi connectivity index (χ4n) is 2.44. The molecule has 0 saturated carbocycles. The Morgan fingerprint density at radius 2 is 1.68 bits per heavy atom. The van der Waals surface area contributed by atoms with Gasteiger partial charge >= 0.3 is 0 Å². The summed E-state index contributed by atoms with van der Waals surface area (Å²) in [5.74, 6) is 0.764. The third-order valence-electron chi connectivity index (χ3n) is 3.51. The van der Waals surface area contributed by atoms with E-state index in [2.05, 4.69) is 15.1 Å². The number of rotatable bonds is 2. The van der Waals surface area contributed by atoms with Crippen LogP contribution in [0.1, 0.15) is 0 Å². The van der Waals surface area contributed by atoms with Gasteiger partial charge in [-0.15, -0.1) is 0 Å². The SMILES string of the molecule is Clc1cnc(-n2ccc(-c3ccncc3)n2)c2ccccc12. The van der Waals surface area contributed by atoms with E-state index in [4.69, 9.17) is 11.6 Å². The summed E-state index contributed by atoms with van der Waals surface area (Å²) in [6.07, 6.45) is 7.07. The molecule has 22 heavy (non-hydrogen) atoms. The zero-order valence-electron chi connectivity index (χ0n) is 11.5. The molecule has 5 heteroatoms. The summed E-state index contributed by atoms with van der Waals surface area (Å²) in [6.45, 7) is 0. The average molecular weight is 307 g/mol. The molecule has 1 aromatic carbocycles. The Hall–Kier alpha value is -2.72. The normalized spacial score (nSPS) is 11.0. The average Bonchev–Trinajstić information content (AvgIpc) is 3.06. The lowest BCUT2D eigenvalue weighted by molar-refractivity contribution is 0.859. The molecule has 0 saturated heterocycles. The quantitative estimate of drug-likeness (QED) is 0.559. The number of fused-ring (bicyclic) bond motifs is 1. The van der Waals surface area contributed by atoms with Crippen molar-refractivity contribution >= 4 is 22.4 Å². The Labute approximate surface area is 132 Å². The smallest absolute Gasteiger partial charge is 0.161 e. The van der Waals surface area contributed by atoms with E-state index in [0.29, 0.717) is 5.02 Å². The number of aromatic nitrogens is 4. The monoisotopic (exact) mass is 306 g/mol. The summed E-state index contributed by atoms with van der Waals surface area (Å²) in [6, 6.07) is 13.7. The maximum absolute atomic E-state index is 6.22. The molecule has 0 unspecified atom stereocenters. The molecule has 0 aliphatic heterocycles. The first-order chi connectivity index (χ1) is 10.8. The van der Waals surface area contributed by atoms with Gasteiger partial charge in [0.25, 0.3) is 0 Å². The molecule has 0 fully saturated rings. The van der Waals surface area contributed by atoms with Gasteiger partial charge < -0.3 is 0 Å². The molecule has 0 atom stereocenters. The van der Waals surface area contributed by atoms with E-state index in [1.54, 1.807) is 23.3 Å². The van der Waals surface area contributed by atoms with Crippen molar-refractivity contribution in [1.29, 1.82) is 0 Å². The highest BCUT2D eigenvalue weighted by Gasteiger charge is 2.10. The summed E-state index contributed by atoms with van der Waals surface area (Å²) in [5, 5.41) is 7.19. The van der Waals surface area contributed by atoms with Crippen LogP contribution < -0.4 is 0 Å². The minimum Gasteiger partial charge on any atom is -0.265 e. The number of hydrogen-bond acceptors (Lipinski definition) is 3. The molecular formula is C17H11ClN4. The van der Waals surface area contributed by atoms with Gasteiger partial charge in [-0.1, -0.05) is 35.9 Å². The van der Waals surface area contributed by atoms with Gasteiger partial charge in [-0.2, -0.15) is 5.10 Å². The maximum atomic E-state index is 6.22. The molecule has 4 rings (SSSR count). The van der Waals surface area contributed by atoms with Crippen molar-refractivity contribution in [2.45, 2.75) is 0 Å². The van der Waals surface area contributed by atoms with Gasteiger partial charge in [-0.25, -0.2) is 9.67 Å². The molecule has 106 valence electrons. The number of halogens is 1. The van der Waals surface area contributed by atoms with Crippen LogP contribution in [0, 0.1) is 0 Å². The summed E-state index contributed by atoms with van der Waals surface area (Å²) in [7, 11) is 0. The zero-order valence-corrected chi connectivity index (χ0v) is 12.3. The standard InChI is InChI=1S/C17H11ClN4/c18-15-11-20-17(14-4-2-1-3-13(14)15)22-10-7-16(21-22)12-5-8-19-9-6-12/h1-11H. The molecule has 0 amide bonds. The van der Waals surface area contributed by atoms with Gasteiger partial charge in [-0.3, -0.25) is 4.98 Å². The lowest BCUT2D eigenvalue weighted by atomic mass is 10.1. The third kappa shape index (κ3) is 2.14. The predicted molar refractivity (Wildman–Crippen MR) is 87.1 cm³/mol. The fraction of sp³-hybridized carbons (Fsp3) is 0. The minimum absolute atomic E-state index is 0.640. The molecule has 3 aromatic heterocycles. The molecule has 4 aromatic rings. The second-order valence-electron chi connectivity index (χ2n) is 4.86. The van der Waals surface area contributed by atoms with Crippen LogP contribution in [0.25, 0.3) is 27.8 Å². The molecular weight excluding hydrogens is 296 g/mol. The van der Waals surface area contributed by atoms with Crippen molar-refractivity contribution < 1.29 is 0 Å². The van der Waals surface area contributed by atoms with Crippen molar-refractivity contribution in [3.8, 4) is 17.1 Å². The molecule has 3 heterocycles. The molecule has 0 N–H and O–H groups in total. The number of benzene rings is 1. The van der Waals surface area contributed by atoms with Gasteiger partial charge in [0.2, 0.25) is 0 Å². The van der Waals surface area contributed by atoms with Crippen LogP contribution in [0.5, 0.6) is 0 Å². The molecule has 4 nitrogen and oxygen atoms in total. The third-order valence-corrected chi connectivity index (χ3v) is 3.81. The zero-order chi connectivity index (χ0) is 14.9. The van der Waals surface area contributed by atoms with Crippen LogP contribution in [0.15, 0.2) is 67.3 Å². The lowest BCUT2D eigenvalue weighted by Crippen LogP contribution is -1.99. The first-order valence-corrected chi connectivity index (χ1v) is 7.20. The fourth-order valence-corrected chi connectivity index (χ4v) is 2.66. The van der Waals surface area contributed by atoms with E-state index in [-0.39, 0.29) is 0 Å². The first kappa shape index (κ1) is 13.0. The van der Waals surface area contributed by atoms with Gasteiger partial charge in [0.15, 0.2) is 5.82 Å². The van der Waals surface area contributed by atoms with E-state index in [0.717, 1.165) is 27.8 Å². The predicted octanol–water partition coefficient (Wildman–Crippen LogP) is 4.14. The Morgan fingerprint density at radius 3 is 2.50 bits per heavy atom. The highest BCUT2D eigenvalue weighted by atomic mass is 35.5. The van der Waals surface area contributed by atoms with E-state index < -0.39 is 0 Å². The topological polar surface area (TPSA) is 43.6 Å². The number of pyridine rings is 2. The lowest BCUT2D eigenvalue weighted by Gasteiger charge is -2.06. The maximum Gasteiger partial charge on any atom is 0.161 e. The Morgan fingerprint density at radius 1 is 0.909 bits per heavy atom. The van der Waals surface area contributed by atoms with Crippen molar-refractivity contribution in [3.63, 3.8) is 0 Å². The van der Waals surface area contributed by atoms with E-state index in [9.17, 15) is 0 Å². The van der Waals surface area contributed by atoms with Crippen molar-refractivity contribution in [1.82, 2.24) is 19.7 Å². The Kier molecular flexibility index (Phi) is 3.09. The Bertz CT molecular complexity index is 947. The van der Waals surface area contributed by atoms with Gasteiger partial charge in [0.1, 0.15) is 0 Å². The van der Waals surface area contributed by atoms with Gasteiger partial charge in [-0.05, 0) is 18.2 Å². The second kappa shape index (κ2) is 5.24. The second-order valence-corrected chi connectivity index (χ2v) is 5.26. The molecule has 0 spiro atoms. The van der Waals surface area contributed by atoms with Gasteiger partial charge in [0, 0.05) is 41.1 Å². The molecule has 0 aliphatic carbocycles. The summed E-state index contributed by atoms with van der Waals surface area (Å²) >= 11 is 6.22. The van der Waals surface area contributed by atoms with E-state index in [1.165, 1.54) is 0 Å². The summed E-state index contributed by atoms with van der Waals surface area (Å²) in [4.78, 5) is 8.46.